The molecule has 0 saturated carbocycles. The number of nitrogens with two attached hydrogens (primary N) is 1. The SMILES string of the molecule is COc1cc(N2CCN(S(C)(=O)=O)CC2)ccc1-n1c(=N)nc(N)c2[nH]cnc21. The Morgan fingerprint density at radius 1 is 1.24 bits per heavy atom. The number of H-pyrrole nitrogens is 1. The number of hydrogen-bond donors (Lipinski definition) is 3. The van der Waals surface area contributed by atoms with Crippen LogP contribution in [0.4, 0.5) is 11.5 Å². The first kappa shape index (κ1) is 19.2. The summed E-state index contributed by atoms with van der Waals surface area (Å²) in [5.74, 6) is 0.750. The first-order valence-corrected chi connectivity index (χ1v) is 10.8. The molecular formula is C17H22N8O3S. The van der Waals surface area contributed by atoms with E-state index in [9.17, 15) is 8.42 Å². The lowest BCUT2D eigenvalue weighted by molar-refractivity contribution is 0.387. The first-order chi connectivity index (χ1) is 13.8. The van der Waals surface area contributed by atoms with E-state index in [4.69, 9.17) is 15.9 Å². The molecular weight excluding hydrogens is 396 g/mol. The van der Waals surface area contributed by atoms with Crippen molar-refractivity contribution < 1.29 is 13.2 Å². The zero-order valence-corrected chi connectivity index (χ0v) is 16.9. The Morgan fingerprint density at radius 2 is 1.97 bits per heavy atom. The van der Waals surface area contributed by atoms with Crippen molar-refractivity contribution in [3.63, 3.8) is 0 Å². The third-order valence-corrected chi connectivity index (χ3v) is 6.31. The molecule has 154 valence electrons. The number of ether oxygens (including phenoxy) is 1. The van der Waals surface area contributed by atoms with Gasteiger partial charge in [0.15, 0.2) is 11.5 Å². The van der Waals surface area contributed by atoms with Crippen molar-refractivity contribution in [2.24, 2.45) is 0 Å². The van der Waals surface area contributed by atoms with E-state index in [1.165, 1.54) is 16.9 Å². The van der Waals surface area contributed by atoms with Crippen molar-refractivity contribution >= 4 is 32.7 Å². The maximum absolute atomic E-state index is 11.7. The average Bonchev–Trinajstić information content (AvgIpc) is 3.17. The highest BCUT2D eigenvalue weighted by molar-refractivity contribution is 7.88. The van der Waals surface area contributed by atoms with Crippen LogP contribution in [0.15, 0.2) is 24.5 Å². The minimum atomic E-state index is -3.18. The summed E-state index contributed by atoms with van der Waals surface area (Å²) in [5.41, 5.74) is 8.37. The van der Waals surface area contributed by atoms with E-state index in [1.807, 2.05) is 18.2 Å². The van der Waals surface area contributed by atoms with Crippen LogP contribution >= 0.6 is 0 Å². The third-order valence-electron chi connectivity index (χ3n) is 5.00. The largest absolute Gasteiger partial charge is 0.494 e. The van der Waals surface area contributed by atoms with E-state index in [0.29, 0.717) is 48.8 Å². The van der Waals surface area contributed by atoms with E-state index in [0.717, 1.165) is 5.69 Å². The van der Waals surface area contributed by atoms with Gasteiger partial charge in [-0.15, -0.1) is 0 Å². The molecule has 1 aliphatic rings. The number of aromatic nitrogens is 4. The van der Waals surface area contributed by atoms with Crippen molar-refractivity contribution in [2.75, 3.05) is 50.2 Å². The lowest BCUT2D eigenvalue weighted by Crippen LogP contribution is -2.48. The maximum Gasteiger partial charge on any atom is 0.230 e. The zero-order valence-electron chi connectivity index (χ0n) is 16.1. The van der Waals surface area contributed by atoms with Gasteiger partial charge in [0.25, 0.3) is 0 Å². The molecule has 1 fully saturated rings. The molecule has 1 aromatic carbocycles. The number of aromatic amines is 1. The summed E-state index contributed by atoms with van der Waals surface area (Å²) < 4.78 is 32.1. The van der Waals surface area contributed by atoms with Gasteiger partial charge in [0.1, 0.15) is 11.3 Å². The monoisotopic (exact) mass is 418 g/mol. The summed E-state index contributed by atoms with van der Waals surface area (Å²) in [6.07, 6.45) is 2.73. The maximum atomic E-state index is 11.7. The van der Waals surface area contributed by atoms with Crippen LogP contribution in [0.2, 0.25) is 0 Å². The van der Waals surface area contributed by atoms with E-state index < -0.39 is 10.0 Å². The number of benzene rings is 1. The van der Waals surface area contributed by atoms with E-state index >= 15 is 0 Å². The number of rotatable bonds is 4. The van der Waals surface area contributed by atoms with Crippen LogP contribution in [0.25, 0.3) is 16.9 Å². The van der Waals surface area contributed by atoms with Gasteiger partial charge in [0.05, 0.1) is 25.4 Å². The molecule has 0 spiro atoms. The minimum Gasteiger partial charge on any atom is -0.494 e. The van der Waals surface area contributed by atoms with Gasteiger partial charge in [-0.3, -0.25) is 9.98 Å². The number of nitrogens with zero attached hydrogens (tertiary/aromatic N) is 5. The van der Waals surface area contributed by atoms with E-state index in [2.05, 4.69) is 19.9 Å². The van der Waals surface area contributed by atoms with Crippen molar-refractivity contribution in [2.45, 2.75) is 0 Å². The van der Waals surface area contributed by atoms with Gasteiger partial charge in [0.2, 0.25) is 15.6 Å². The highest BCUT2D eigenvalue weighted by atomic mass is 32.2. The predicted molar refractivity (Wildman–Crippen MR) is 109 cm³/mol. The molecule has 0 radical (unpaired) electrons. The zero-order chi connectivity index (χ0) is 20.8. The molecule has 29 heavy (non-hydrogen) atoms. The molecule has 0 amide bonds. The normalized spacial score (nSPS) is 15.7. The van der Waals surface area contributed by atoms with Gasteiger partial charge in [-0.25, -0.2) is 13.4 Å². The molecule has 2 aromatic heterocycles. The number of piperazine rings is 1. The number of nitrogen functional groups attached to an aromatic ring is 1. The van der Waals surface area contributed by atoms with Gasteiger partial charge in [-0.05, 0) is 12.1 Å². The molecule has 0 bridgehead atoms. The summed E-state index contributed by atoms with van der Waals surface area (Å²) >= 11 is 0. The summed E-state index contributed by atoms with van der Waals surface area (Å²) in [6, 6.07) is 5.61. The van der Waals surface area contributed by atoms with Gasteiger partial charge < -0.3 is 20.4 Å². The van der Waals surface area contributed by atoms with E-state index in [1.54, 1.807) is 11.7 Å². The second kappa shape index (κ2) is 7.04. The number of methoxy groups -OCH3 is 1. The Kier molecular flexibility index (Phi) is 4.67. The molecule has 11 nitrogen and oxygen atoms in total. The summed E-state index contributed by atoms with van der Waals surface area (Å²) in [7, 11) is -1.62. The summed E-state index contributed by atoms with van der Waals surface area (Å²) in [6.45, 7) is 2.04. The summed E-state index contributed by atoms with van der Waals surface area (Å²) in [5, 5.41) is 8.26. The number of fused-ring (bicyclic) bond motifs is 1. The van der Waals surface area contributed by atoms with Crippen LogP contribution in [0, 0.1) is 5.41 Å². The smallest absolute Gasteiger partial charge is 0.230 e. The molecule has 12 heteroatoms. The van der Waals surface area contributed by atoms with Crippen molar-refractivity contribution in [1.29, 1.82) is 5.41 Å². The third kappa shape index (κ3) is 3.40. The standard InChI is InChI=1S/C17H22N8O3S/c1-28-13-9-11(23-5-7-24(8-6-23)29(2,26)27)3-4-12(13)25-16-14(20-10-21-16)15(18)22-17(25)19/h3-4,9-10H,5-8H2,1-2H3,(H,20,21)(H3,18,19,22). The molecule has 0 atom stereocenters. The van der Waals surface area contributed by atoms with Crippen LogP contribution in [0.5, 0.6) is 5.75 Å². The number of nitrogens with one attached hydrogen (secondary N) is 2. The Bertz CT molecular complexity index is 1230. The van der Waals surface area contributed by atoms with Gasteiger partial charge in [0, 0.05) is 37.9 Å². The Balaban J connectivity index is 1.71. The van der Waals surface area contributed by atoms with Crippen molar-refractivity contribution in [3.8, 4) is 11.4 Å². The quantitative estimate of drug-likeness (QED) is 0.536. The van der Waals surface area contributed by atoms with Gasteiger partial charge in [-0.2, -0.15) is 9.29 Å². The molecule has 3 heterocycles. The second-order valence-electron chi connectivity index (χ2n) is 6.76. The second-order valence-corrected chi connectivity index (χ2v) is 8.74. The fraction of sp³-hybridized carbons (Fsp3) is 0.353. The Hall–Kier alpha value is -3.12. The van der Waals surface area contributed by atoms with Gasteiger partial charge in [-0.1, -0.05) is 0 Å². The lowest BCUT2D eigenvalue weighted by atomic mass is 10.2. The van der Waals surface area contributed by atoms with E-state index in [-0.39, 0.29) is 11.4 Å². The molecule has 4 rings (SSSR count). The van der Waals surface area contributed by atoms with Crippen LogP contribution in [0.1, 0.15) is 0 Å². The molecule has 1 aliphatic heterocycles. The van der Waals surface area contributed by atoms with Crippen LogP contribution in [0.3, 0.4) is 0 Å². The number of sulfonamides is 1. The van der Waals surface area contributed by atoms with Crippen LogP contribution < -0.4 is 21.0 Å². The Morgan fingerprint density at radius 3 is 2.62 bits per heavy atom. The Labute approximate surface area is 167 Å². The lowest BCUT2D eigenvalue weighted by Gasteiger charge is -2.35. The number of imidazole rings is 1. The molecule has 0 aliphatic carbocycles. The topological polar surface area (TPSA) is 146 Å². The minimum absolute atomic E-state index is 0.0603. The molecule has 0 unspecified atom stereocenters. The molecule has 1 saturated heterocycles. The predicted octanol–water partition coefficient (Wildman–Crippen LogP) is -0.0995. The van der Waals surface area contributed by atoms with Gasteiger partial charge >= 0.3 is 0 Å². The highest BCUT2D eigenvalue weighted by Crippen LogP contribution is 2.30. The first-order valence-electron chi connectivity index (χ1n) is 8.94. The van der Waals surface area contributed by atoms with Crippen LogP contribution in [-0.2, 0) is 10.0 Å². The highest BCUT2D eigenvalue weighted by Gasteiger charge is 2.24. The fourth-order valence-electron chi connectivity index (χ4n) is 3.52. The fourth-order valence-corrected chi connectivity index (χ4v) is 4.35. The van der Waals surface area contributed by atoms with Crippen molar-refractivity contribution in [1.82, 2.24) is 23.8 Å². The van der Waals surface area contributed by atoms with Crippen LogP contribution in [-0.4, -0.2) is 71.8 Å². The molecule has 4 N–H and O–H groups in total. The average molecular weight is 418 g/mol. The molecule has 3 aromatic rings. The number of anilines is 2. The number of hydrogen-bond acceptors (Lipinski definition) is 8. The van der Waals surface area contributed by atoms with Crippen molar-refractivity contribution in [3.05, 3.63) is 30.1 Å². The summed E-state index contributed by atoms with van der Waals surface area (Å²) in [4.78, 5) is 13.4.